The first kappa shape index (κ1) is 17.2. The fourth-order valence-electron chi connectivity index (χ4n) is 4.56. The first-order valence-electron chi connectivity index (χ1n) is 9.25. The Balaban J connectivity index is 1.74. The summed E-state index contributed by atoms with van der Waals surface area (Å²) < 4.78 is 28.8. The molecule has 0 aromatic heterocycles. The van der Waals surface area contributed by atoms with E-state index < -0.39 is 11.6 Å². The second-order valence-electron chi connectivity index (χ2n) is 7.99. The minimum Gasteiger partial charge on any atom is -0.342 e. The standard InChI is InChI=1S/C22H23F2NO/c1-22(2)19(20(22)21(26)25-12-5-6-13-25)15-9-4-3-8-14(15)18-16(23)10-7-11-17(18)24/h3-4,7-11,19-20H,5-6,12-13H2,1-2H3. The number of hydrogen-bond donors (Lipinski definition) is 0. The fourth-order valence-corrected chi connectivity index (χ4v) is 4.56. The molecule has 1 aliphatic heterocycles. The molecular weight excluding hydrogens is 332 g/mol. The largest absolute Gasteiger partial charge is 0.342 e. The molecule has 0 bridgehead atoms. The van der Waals surface area contributed by atoms with Crippen LogP contribution in [0.5, 0.6) is 0 Å². The molecule has 1 saturated heterocycles. The van der Waals surface area contributed by atoms with E-state index in [4.69, 9.17) is 0 Å². The lowest BCUT2D eigenvalue weighted by molar-refractivity contribution is -0.132. The van der Waals surface area contributed by atoms with Crippen LogP contribution in [0.3, 0.4) is 0 Å². The van der Waals surface area contributed by atoms with Crippen molar-refractivity contribution in [3.8, 4) is 11.1 Å². The predicted octanol–water partition coefficient (Wildman–Crippen LogP) is 4.99. The van der Waals surface area contributed by atoms with E-state index in [0.717, 1.165) is 31.5 Å². The number of carbonyl (C=O) groups is 1. The van der Waals surface area contributed by atoms with Crippen LogP contribution in [0.25, 0.3) is 11.1 Å². The number of rotatable bonds is 3. The van der Waals surface area contributed by atoms with E-state index >= 15 is 0 Å². The third-order valence-corrected chi connectivity index (χ3v) is 6.04. The summed E-state index contributed by atoms with van der Waals surface area (Å²) in [4.78, 5) is 14.9. The van der Waals surface area contributed by atoms with Gasteiger partial charge >= 0.3 is 0 Å². The predicted molar refractivity (Wildman–Crippen MR) is 97.6 cm³/mol. The van der Waals surface area contributed by atoms with Crippen molar-refractivity contribution < 1.29 is 13.6 Å². The molecule has 0 spiro atoms. The Morgan fingerprint density at radius 1 is 1.00 bits per heavy atom. The highest BCUT2D eigenvalue weighted by atomic mass is 19.1. The monoisotopic (exact) mass is 355 g/mol. The molecule has 4 heteroatoms. The summed E-state index contributed by atoms with van der Waals surface area (Å²) >= 11 is 0. The van der Waals surface area contributed by atoms with E-state index in [0.29, 0.717) is 5.56 Å². The first-order valence-corrected chi connectivity index (χ1v) is 9.25. The summed E-state index contributed by atoms with van der Waals surface area (Å²) in [7, 11) is 0. The molecule has 2 aromatic rings. The minimum atomic E-state index is -0.571. The summed E-state index contributed by atoms with van der Waals surface area (Å²) in [5.74, 6) is -1.11. The molecule has 2 nitrogen and oxygen atoms in total. The highest BCUT2D eigenvalue weighted by Gasteiger charge is 2.63. The highest BCUT2D eigenvalue weighted by Crippen LogP contribution is 2.66. The number of benzene rings is 2. The fraction of sp³-hybridized carbons (Fsp3) is 0.409. The lowest BCUT2D eigenvalue weighted by atomic mass is 9.93. The Kier molecular flexibility index (Phi) is 4.09. The third kappa shape index (κ3) is 2.63. The molecule has 1 heterocycles. The molecule has 0 radical (unpaired) electrons. The van der Waals surface area contributed by atoms with Gasteiger partial charge in [0.25, 0.3) is 0 Å². The molecule has 26 heavy (non-hydrogen) atoms. The zero-order valence-corrected chi connectivity index (χ0v) is 15.1. The van der Waals surface area contributed by atoms with Gasteiger partial charge in [0.2, 0.25) is 5.91 Å². The van der Waals surface area contributed by atoms with Gasteiger partial charge in [-0.15, -0.1) is 0 Å². The Morgan fingerprint density at radius 2 is 1.62 bits per heavy atom. The molecule has 1 saturated carbocycles. The second-order valence-corrected chi connectivity index (χ2v) is 7.99. The summed E-state index contributed by atoms with van der Waals surface area (Å²) in [6.07, 6.45) is 2.11. The maximum atomic E-state index is 14.4. The van der Waals surface area contributed by atoms with Gasteiger partial charge in [-0.25, -0.2) is 8.78 Å². The van der Waals surface area contributed by atoms with Crippen molar-refractivity contribution in [3.05, 3.63) is 59.7 Å². The molecule has 2 aliphatic rings. The SMILES string of the molecule is CC1(C)C(C(=O)N2CCCC2)C1c1ccccc1-c1c(F)cccc1F. The van der Waals surface area contributed by atoms with Gasteiger partial charge in [-0.2, -0.15) is 0 Å². The van der Waals surface area contributed by atoms with Crippen LogP contribution in [-0.4, -0.2) is 23.9 Å². The lowest BCUT2D eigenvalue weighted by Crippen LogP contribution is -2.30. The van der Waals surface area contributed by atoms with Crippen LogP contribution in [0.15, 0.2) is 42.5 Å². The van der Waals surface area contributed by atoms with Gasteiger partial charge < -0.3 is 4.90 Å². The summed E-state index contributed by atoms with van der Waals surface area (Å²) in [5, 5.41) is 0. The lowest BCUT2D eigenvalue weighted by Gasteiger charge is -2.16. The molecule has 2 atom stereocenters. The molecule has 2 aromatic carbocycles. The number of halogens is 2. The molecule has 0 N–H and O–H groups in total. The van der Waals surface area contributed by atoms with Crippen LogP contribution in [-0.2, 0) is 4.79 Å². The average molecular weight is 355 g/mol. The van der Waals surface area contributed by atoms with E-state index in [1.807, 2.05) is 17.0 Å². The Bertz CT molecular complexity index is 835. The van der Waals surface area contributed by atoms with Gasteiger partial charge in [-0.1, -0.05) is 44.2 Å². The van der Waals surface area contributed by atoms with E-state index in [2.05, 4.69) is 13.8 Å². The number of amides is 1. The average Bonchev–Trinajstić information content (AvgIpc) is 2.98. The van der Waals surface area contributed by atoms with Crippen molar-refractivity contribution in [2.75, 3.05) is 13.1 Å². The van der Waals surface area contributed by atoms with Crippen molar-refractivity contribution >= 4 is 5.91 Å². The van der Waals surface area contributed by atoms with Gasteiger partial charge in [-0.3, -0.25) is 4.79 Å². The van der Waals surface area contributed by atoms with Gasteiger partial charge in [0.1, 0.15) is 11.6 Å². The number of carbonyl (C=O) groups excluding carboxylic acids is 1. The minimum absolute atomic E-state index is 0.00169. The summed E-state index contributed by atoms with van der Waals surface area (Å²) in [6.45, 7) is 5.79. The number of nitrogens with zero attached hydrogens (tertiary/aromatic N) is 1. The van der Waals surface area contributed by atoms with Crippen LogP contribution in [0.2, 0.25) is 0 Å². The molecule has 4 rings (SSSR count). The normalized spacial score (nSPS) is 23.9. The van der Waals surface area contributed by atoms with E-state index in [-0.39, 0.29) is 28.7 Å². The first-order chi connectivity index (χ1) is 12.4. The Hall–Kier alpha value is -2.23. The molecular formula is C22H23F2NO. The molecule has 2 unspecified atom stereocenters. The highest BCUT2D eigenvalue weighted by molar-refractivity contribution is 5.86. The van der Waals surface area contributed by atoms with Gasteiger partial charge in [0.15, 0.2) is 0 Å². The molecule has 1 aliphatic carbocycles. The Labute approximate surface area is 152 Å². The van der Waals surface area contributed by atoms with Crippen LogP contribution in [0, 0.1) is 23.0 Å². The van der Waals surface area contributed by atoms with Crippen LogP contribution in [0.1, 0.15) is 38.2 Å². The van der Waals surface area contributed by atoms with Crippen LogP contribution in [0.4, 0.5) is 8.78 Å². The van der Waals surface area contributed by atoms with Gasteiger partial charge in [0.05, 0.1) is 11.5 Å². The van der Waals surface area contributed by atoms with Gasteiger partial charge in [-0.05, 0) is 41.5 Å². The summed E-state index contributed by atoms with van der Waals surface area (Å²) in [6, 6.07) is 11.3. The van der Waals surface area contributed by atoms with Crippen LogP contribution < -0.4 is 0 Å². The van der Waals surface area contributed by atoms with Crippen molar-refractivity contribution in [1.82, 2.24) is 4.90 Å². The number of hydrogen-bond acceptors (Lipinski definition) is 1. The third-order valence-electron chi connectivity index (χ3n) is 6.04. The van der Waals surface area contributed by atoms with E-state index in [9.17, 15) is 13.6 Å². The quantitative estimate of drug-likeness (QED) is 0.759. The van der Waals surface area contributed by atoms with Crippen molar-refractivity contribution in [1.29, 1.82) is 0 Å². The Morgan fingerprint density at radius 3 is 2.27 bits per heavy atom. The summed E-state index contributed by atoms with van der Waals surface area (Å²) in [5.41, 5.74) is 1.20. The zero-order chi connectivity index (χ0) is 18.5. The van der Waals surface area contributed by atoms with Crippen LogP contribution >= 0.6 is 0 Å². The van der Waals surface area contributed by atoms with Gasteiger partial charge in [0, 0.05) is 19.0 Å². The van der Waals surface area contributed by atoms with E-state index in [1.165, 1.54) is 18.2 Å². The second kappa shape index (κ2) is 6.19. The van der Waals surface area contributed by atoms with Crippen molar-refractivity contribution in [2.45, 2.75) is 32.6 Å². The maximum absolute atomic E-state index is 14.4. The van der Waals surface area contributed by atoms with E-state index in [1.54, 1.807) is 12.1 Å². The zero-order valence-electron chi connectivity index (χ0n) is 15.1. The molecule has 2 fully saturated rings. The topological polar surface area (TPSA) is 20.3 Å². The van der Waals surface area contributed by atoms with Crippen molar-refractivity contribution in [2.24, 2.45) is 11.3 Å². The molecule has 1 amide bonds. The van der Waals surface area contributed by atoms with Crippen molar-refractivity contribution in [3.63, 3.8) is 0 Å². The smallest absolute Gasteiger partial charge is 0.226 e. The number of likely N-dealkylation sites (tertiary alicyclic amines) is 1. The molecule has 136 valence electrons. The maximum Gasteiger partial charge on any atom is 0.226 e.